The molecular weight excluding hydrogens is 190 g/mol. The Hall–Kier alpha value is -0.120. The Morgan fingerprint density at radius 2 is 2.07 bits per heavy atom. The van der Waals surface area contributed by atoms with Crippen LogP contribution in [0.15, 0.2) is 0 Å². The molecule has 0 spiro atoms. The van der Waals surface area contributed by atoms with Crippen molar-refractivity contribution < 1.29 is 9.47 Å². The van der Waals surface area contributed by atoms with E-state index in [1.807, 2.05) is 0 Å². The summed E-state index contributed by atoms with van der Waals surface area (Å²) in [4.78, 5) is 0. The third-order valence-corrected chi connectivity index (χ3v) is 2.81. The second kappa shape index (κ2) is 6.46. The quantitative estimate of drug-likeness (QED) is 0.776. The summed E-state index contributed by atoms with van der Waals surface area (Å²) in [5.74, 6) is 0.679. The second-order valence-corrected chi connectivity index (χ2v) is 4.92. The zero-order valence-corrected chi connectivity index (χ0v) is 10.5. The Labute approximate surface area is 93.5 Å². The summed E-state index contributed by atoms with van der Waals surface area (Å²) in [7, 11) is 0. The van der Waals surface area contributed by atoms with Crippen LogP contribution in [0.3, 0.4) is 0 Å². The fraction of sp³-hybridized carbons (Fsp3) is 1.00. The third kappa shape index (κ3) is 4.96. The molecule has 0 bridgehead atoms. The van der Waals surface area contributed by atoms with Crippen molar-refractivity contribution in [3.05, 3.63) is 0 Å². The molecule has 0 radical (unpaired) electrons. The average molecular weight is 215 g/mol. The summed E-state index contributed by atoms with van der Waals surface area (Å²) >= 11 is 0. The Bertz CT molecular complexity index is 171. The molecule has 0 aliphatic carbocycles. The lowest BCUT2D eigenvalue weighted by Gasteiger charge is -2.20. The van der Waals surface area contributed by atoms with Gasteiger partial charge in [0.1, 0.15) is 0 Å². The first kappa shape index (κ1) is 12.9. The van der Waals surface area contributed by atoms with E-state index in [1.165, 1.54) is 0 Å². The first-order chi connectivity index (χ1) is 7.09. The van der Waals surface area contributed by atoms with Gasteiger partial charge in [0.2, 0.25) is 0 Å². The lowest BCUT2D eigenvalue weighted by molar-refractivity contribution is -0.0272. The molecule has 0 aromatic rings. The average Bonchev–Trinajstić information content (AvgIpc) is 2.39. The molecule has 3 nitrogen and oxygen atoms in total. The normalized spacial score (nSPS) is 28.4. The van der Waals surface area contributed by atoms with Gasteiger partial charge in [-0.05, 0) is 26.2 Å². The van der Waals surface area contributed by atoms with Crippen molar-refractivity contribution >= 4 is 0 Å². The summed E-state index contributed by atoms with van der Waals surface area (Å²) in [6.45, 7) is 11.1. The third-order valence-electron chi connectivity index (χ3n) is 2.81. The van der Waals surface area contributed by atoms with Crippen molar-refractivity contribution in [3.63, 3.8) is 0 Å². The van der Waals surface area contributed by atoms with Crippen molar-refractivity contribution in [2.75, 3.05) is 19.8 Å². The van der Waals surface area contributed by atoms with Crippen LogP contribution in [0.4, 0.5) is 0 Å². The fourth-order valence-electron chi connectivity index (χ4n) is 1.78. The SMILES string of the molecule is CC(C)OCC1CNC(C(C)C)CCO1. The minimum Gasteiger partial charge on any atom is -0.376 e. The van der Waals surface area contributed by atoms with E-state index in [9.17, 15) is 0 Å². The molecule has 2 atom stereocenters. The van der Waals surface area contributed by atoms with E-state index in [0.29, 0.717) is 18.6 Å². The molecule has 0 amide bonds. The van der Waals surface area contributed by atoms with Crippen molar-refractivity contribution in [2.24, 2.45) is 5.92 Å². The highest BCUT2D eigenvalue weighted by molar-refractivity contribution is 4.76. The first-order valence-electron chi connectivity index (χ1n) is 6.06. The molecule has 1 N–H and O–H groups in total. The van der Waals surface area contributed by atoms with E-state index in [2.05, 4.69) is 33.0 Å². The molecule has 0 saturated carbocycles. The molecule has 90 valence electrons. The van der Waals surface area contributed by atoms with E-state index in [0.717, 1.165) is 19.6 Å². The van der Waals surface area contributed by atoms with E-state index in [1.54, 1.807) is 0 Å². The molecule has 1 rings (SSSR count). The van der Waals surface area contributed by atoms with E-state index in [4.69, 9.17) is 9.47 Å². The van der Waals surface area contributed by atoms with Crippen LogP contribution in [0.1, 0.15) is 34.1 Å². The molecule has 1 aliphatic heterocycles. The maximum atomic E-state index is 5.75. The van der Waals surface area contributed by atoms with Gasteiger partial charge in [0.25, 0.3) is 0 Å². The van der Waals surface area contributed by atoms with E-state index in [-0.39, 0.29) is 12.2 Å². The smallest absolute Gasteiger partial charge is 0.0932 e. The number of hydrogen-bond donors (Lipinski definition) is 1. The highest BCUT2D eigenvalue weighted by Gasteiger charge is 2.20. The van der Waals surface area contributed by atoms with Gasteiger partial charge in [-0.1, -0.05) is 13.8 Å². The molecule has 0 aromatic heterocycles. The minimum atomic E-state index is 0.219. The first-order valence-corrected chi connectivity index (χ1v) is 6.06. The Balaban J connectivity index is 2.26. The monoisotopic (exact) mass is 215 g/mol. The predicted molar refractivity (Wildman–Crippen MR) is 62.1 cm³/mol. The van der Waals surface area contributed by atoms with Crippen LogP contribution in [-0.4, -0.2) is 38.0 Å². The van der Waals surface area contributed by atoms with Gasteiger partial charge in [-0.25, -0.2) is 0 Å². The highest BCUT2D eigenvalue weighted by atomic mass is 16.5. The van der Waals surface area contributed by atoms with Crippen molar-refractivity contribution in [1.82, 2.24) is 5.32 Å². The van der Waals surface area contributed by atoms with E-state index < -0.39 is 0 Å². The molecule has 1 heterocycles. The largest absolute Gasteiger partial charge is 0.376 e. The number of nitrogens with one attached hydrogen (secondary N) is 1. The van der Waals surface area contributed by atoms with Gasteiger partial charge in [-0.2, -0.15) is 0 Å². The number of ether oxygens (including phenoxy) is 2. The van der Waals surface area contributed by atoms with Crippen molar-refractivity contribution in [3.8, 4) is 0 Å². The molecule has 3 heteroatoms. The van der Waals surface area contributed by atoms with Gasteiger partial charge >= 0.3 is 0 Å². The Kier molecular flexibility index (Phi) is 5.58. The van der Waals surface area contributed by atoms with Gasteiger partial charge in [-0.15, -0.1) is 0 Å². The molecular formula is C12H25NO2. The maximum absolute atomic E-state index is 5.75. The van der Waals surface area contributed by atoms with Crippen LogP contribution in [0.2, 0.25) is 0 Å². The number of rotatable bonds is 4. The van der Waals surface area contributed by atoms with Crippen molar-refractivity contribution in [2.45, 2.75) is 52.4 Å². The standard InChI is InChI=1S/C12H25NO2/c1-9(2)12-5-6-14-11(7-13-12)8-15-10(3)4/h9-13H,5-8H2,1-4H3. The minimum absolute atomic E-state index is 0.219. The van der Waals surface area contributed by atoms with Crippen LogP contribution < -0.4 is 5.32 Å². The summed E-state index contributed by atoms with van der Waals surface area (Å²) in [6.07, 6.45) is 1.62. The van der Waals surface area contributed by atoms with Crippen LogP contribution >= 0.6 is 0 Å². The zero-order valence-electron chi connectivity index (χ0n) is 10.5. The Morgan fingerprint density at radius 1 is 1.33 bits per heavy atom. The lowest BCUT2D eigenvalue weighted by Crippen LogP contribution is -2.38. The van der Waals surface area contributed by atoms with Crippen LogP contribution in [0.25, 0.3) is 0 Å². The molecule has 2 unspecified atom stereocenters. The topological polar surface area (TPSA) is 30.5 Å². The lowest BCUT2D eigenvalue weighted by atomic mass is 10.0. The van der Waals surface area contributed by atoms with Gasteiger partial charge in [0.05, 0.1) is 18.8 Å². The predicted octanol–water partition coefficient (Wildman–Crippen LogP) is 1.81. The fourth-order valence-corrected chi connectivity index (χ4v) is 1.78. The molecule has 15 heavy (non-hydrogen) atoms. The summed E-state index contributed by atoms with van der Waals surface area (Å²) in [5.41, 5.74) is 0. The van der Waals surface area contributed by atoms with Gasteiger partial charge in [-0.3, -0.25) is 0 Å². The Morgan fingerprint density at radius 3 is 2.67 bits per heavy atom. The van der Waals surface area contributed by atoms with Crippen LogP contribution in [-0.2, 0) is 9.47 Å². The molecule has 1 saturated heterocycles. The second-order valence-electron chi connectivity index (χ2n) is 4.92. The maximum Gasteiger partial charge on any atom is 0.0932 e. The van der Waals surface area contributed by atoms with Gasteiger partial charge < -0.3 is 14.8 Å². The van der Waals surface area contributed by atoms with Gasteiger partial charge in [0, 0.05) is 19.2 Å². The molecule has 1 fully saturated rings. The zero-order chi connectivity index (χ0) is 11.3. The summed E-state index contributed by atoms with van der Waals surface area (Å²) < 4.78 is 11.3. The van der Waals surface area contributed by atoms with E-state index >= 15 is 0 Å². The molecule has 1 aliphatic rings. The van der Waals surface area contributed by atoms with Crippen molar-refractivity contribution in [1.29, 1.82) is 0 Å². The van der Waals surface area contributed by atoms with Gasteiger partial charge in [0.15, 0.2) is 0 Å². The summed E-state index contributed by atoms with van der Waals surface area (Å²) in [6, 6.07) is 0.592. The number of hydrogen-bond acceptors (Lipinski definition) is 3. The summed E-state index contributed by atoms with van der Waals surface area (Å²) in [5, 5.41) is 3.55. The van der Waals surface area contributed by atoms with Crippen LogP contribution in [0, 0.1) is 5.92 Å². The molecule has 0 aromatic carbocycles. The van der Waals surface area contributed by atoms with Crippen LogP contribution in [0.5, 0.6) is 0 Å². The highest BCUT2D eigenvalue weighted by Crippen LogP contribution is 2.11.